The minimum atomic E-state index is -4.36. The predicted octanol–water partition coefficient (Wildman–Crippen LogP) is 11.2. The van der Waals surface area contributed by atoms with Gasteiger partial charge in [-0.2, -0.15) is 13.2 Å². The number of Topliss-reactive ketones (excluding diaryl/α,β-unsaturated/α-hetero) is 1. The summed E-state index contributed by atoms with van der Waals surface area (Å²) in [5, 5.41) is 0. The van der Waals surface area contributed by atoms with Crippen molar-refractivity contribution in [2.75, 3.05) is 6.79 Å². The van der Waals surface area contributed by atoms with E-state index in [2.05, 4.69) is 13.0 Å². The van der Waals surface area contributed by atoms with E-state index in [-0.39, 0.29) is 18.5 Å². The molecule has 0 radical (unpaired) electrons. The van der Waals surface area contributed by atoms with E-state index < -0.39 is 17.7 Å². The van der Waals surface area contributed by atoms with Crippen molar-refractivity contribution in [2.24, 2.45) is 16.8 Å². The summed E-state index contributed by atoms with van der Waals surface area (Å²) in [5.41, 5.74) is 4.60. The molecule has 1 fully saturated rings. The largest absolute Gasteiger partial charge is 0.454 e. The minimum Gasteiger partial charge on any atom is -0.454 e. The number of carbonyl (C=O) groups is 1. The van der Waals surface area contributed by atoms with Crippen LogP contribution in [0.25, 0.3) is 11.1 Å². The van der Waals surface area contributed by atoms with E-state index in [1.165, 1.54) is 50.7 Å². The molecule has 6 rings (SSSR count). The van der Waals surface area contributed by atoms with Gasteiger partial charge in [0, 0.05) is 11.6 Å². The molecule has 3 aliphatic rings. The quantitative estimate of drug-likeness (QED) is 0.174. The zero-order chi connectivity index (χ0) is 32.8. The number of hydrogen-bond acceptors (Lipinski definition) is 4. The number of unbranched alkanes of at least 4 members (excludes halogenated alkanes) is 5. The highest BCUT2D eigenvalue weighted by Gasteiger charge is 2.37. The third-order valence-corrected chi connectivity index (χ3v) is 10.0. The number of ether oxygens (including phenoxy) is 2. The standard InChI is InChI=1S/C40H44F3NO3/c1-2-3-4-5-6-7-9-28-10-8-11-33(28)39(45)34-21-20-32(19-14-27-12-17-31(18-13-27)40(41,42)43)44-36-22-15-29(24-35(34)36)30-16-23-37-38(25-30)47-26-46-37/h12-13,15-18,20-25,28,33-34H,2-11,14,19,26H2,1H3. The summed E-state index contributed by atoms with van der Waals surface area (Å²) < 4.78 is 50.3. The highest BCUT2D eigenvalue weighted by atomic mass is 19.4. The van der Waals surface area contributed by atoms with Crippen molar-refractivity contribution in [3.8, 4) is 22.6 Å². The van der Waals surface area contributed by atoms with Gasteiger partial charge >= 0.3 is 6.18 Å². The van der Waals surface area contributed by atoms with Crippen molar-refractivity contribution in [3.05, 3.63) is 89.5 Å². The maximum absolute atomic E-state index is 14.5. The smallest absolute Gasteiger partial charge is 0.416 e. The molecule has 2 heterocycles. The predicted molar refractivity (Wildman–Crippen MR) is 181 cm³/mol. The highest BCUT2D eigenvalue weighted by Crippen LogP contribution is 2.44. The van der Waals surface area contributed by atoms with Crippen LogP contribution in [0.5, 0.6) is 11.5 Å². The monoisotopic (exact) mass is 643 g/mol. The van der Waals surface area contributed by atoms with Crippen molar-refractivity contribution in [2.45, 2.75) is 96.1 Å². The molecular weight excluding hydrogens is 599 g/mol. The molecule has 1 aliphatic carbocycles. The molecule has 3 aromatic carbocycles. The van der Waals surface area contributed by atoms with Gasteiger partial charge in [0.15, 0.2) is 11.5 Å². The highest BCUT2D eigenvalue weighted by molar-refractivity contribution is 6.01. The summed E-state index contributed by atoms with van der Waals surface area (Å²) in [5.74, 6) is 1.75. The van der Waals surface area contributed by atoms with E-state index in [9.17, 15) is 18.0 Å². The second-order valence-electron chi connectivity index (χ2n) is 13.2. The van der Waals surface area contributed by atoms with Crippen LogP contribution in [-0.4, -0.2) is 18.3 Å². The van der Waals surface area contributed by atoms with Crippen LogP contribution >= 0.6 is 0 Å². The number of alkyl halides is 3. The molecule has 2 aliphatic heterocycles. The van der Waals surface area contributed by atoms with E-state index in [0.29, 0.717) is 24.5 Å². The number of aliphatic imine (C=N–C) groups is 1. The van der Waals surface area contributed by atoms with Gasteiger partial charge in [-0.1, -0.05) is 82.2 Å². The summed E-state index contributed by atoms with van der Waals surface area (Å²) >= 11 is 0. The molecule has 0 N–H and O–H groups in total. The van der Waals surface area contributed by atoms with Crippen LogP contribution in [0.4, 0.5) is 18.9 Å². The summed E-state index contributed by atoms with van der Waals surface area (Å²) in [7, 11) is 0. The van der Waals surface area contributed by atoms with Crippen molar-refractivity contribution in [1.29, 1.82) is 0 Å². The number of ketones is 1. The molecule has 3 aromatic rings. The van der Waals surface area contributed by atoms with Crippen molar-refractivity contribution in [1.82, 2.24) is 0 Å². The average molecular weight is 644 g/mol. The maximum Gasteiger partial charge on any atom is 0.416 e. The van der Waals surface area contributed by atoms with Gasteiger partial charge in [0.1, 0.15) is 5.78 Å². The number of aryl methyl sites for hydroxylation is 1. The van der Waals surface area contributed by atoms with Gasteiger partial charge in [0.25, 0.3) is 0 Å². The second-order valence-corrected chi connectivity index (χ2v) is 13.2. The molecule has 0 spiro atoms. The van der Waals surface area contributed by atoms with Crippen LogP contribution in [0.3, 0.4) is 0 Å². The van der Waals surface area contributed by atoms with E-state index in [1.54, 1.807) is 0 Å². The lowest BCUT2D eigenvalue weighted by Crippen LogP contribution is -2.24. The molecule has 4 nitrogen and oxygen atoms in total. The second kappa shape index (κ2) is 14.9. The summed E-state index contributed by atoms with van der Waals surface area (Å²) in [6.45, 7) is 2.44. The summed E-state index contributed by atoms with van der Waals surface area (Å²) in [4.78, 5) is 19.5. The fourth-order valence-electron chi connectivity index (χ4n) is 7.36. The Labute approximate surface area is 276 Å². The summed E-state index contributed by atoms with van der Waals surface area (Å²) in [6, 6.07) is 17.3. The Kier molecular flexibility index (Phi) is 10.5. The van der Waals surface area contributed by atoms with Crippen LogP contribution in [0.2, 0.25) is 0 Å². The number of hydrogen-bond donors (Lipinski definition) is 0. The lowest BCUT2D eigenvalue weighted by atomic mass is 9.79. The van der Waals surface area contributed by atoms with Crippen LogP contribution in [0.15, 0.2) is 77.8 Å². The first-order valence-corrected chi connectivity index (χ1v) is 17.3. The van der Waals surface area contributed by atoms with Gasteiger partial charge in [-0.15, -0.1) is 0 Å². The van der Waals surface area contributed by atoms with Gasteiger partial charge in [-0.25, -0.2) is 0 Å². The number of rotatable bonds is 13. The molecular formula is C40H44F3NO3. The molecule has 1 saturated carbocycles. The van der Waals surface area contributed by atoms with Crippen molar-refractivity contribution < 1.29 is 27.4 Å². The average Bonchev–Trinajstić information content (AvgIpc) is 3.70. The Morgan fingerprint density at radius 2 is 1.60 bits per heavy atom. The third-order valence-electron chi connectivity index (χ3n) is 10.0. The van der Waals surface area contributed by atoms with Crippen molar-refractivity contribution in [3.63, 3.8) is 0 Å². The fourth-order valence-corrected chi connectivity index (χ4v) is 7.36. The summed E-state index contributed by atoms with van der Waals surface area (Å²) in [6.07, 6.45) is 12.5. The van der Waals surface area contributed by atoms with Crippen LogP contribution in [0.1, 0.15) is 100 Å². The molecule has 7 heteroatoms. The van der Waals surface area contributed by atoms with Crippen LogP contribution in [-0.2, 0) is 17.4 Å². The molecule has 0 amide bonds. The number of nitrogens with zero attached hydrogens (tertiary/aromatic N) is 1. The van der Waals surface area contributed by atoms with Crippen LogP contribution < -0.4 is 9.47 Å². The molecule has 3 unspecified atom stereocenters. The minimum absolute atomic E-state index is 0.0380. The van der Waals surface area contributed by atoms with Gasteiger partial charge in [0.2, 0.25) is 6.79 Å². The first-order valence-electron chi connectivity index (χ1n) is 17.3. The van der Waals surface area contributed by atoms with Gasteiger partial charge in [-0.05, 0) is 103 Å². The number of carbonyl (C=O) groups excluding carboxylic acids is 1. The first-order chi connectivity index (χ1) is 22.8. The normalized spacial score (nSPS) is 20.2. The number of halogens is 3. The van der Waals surface area contributed by atoms with Gasteiger partial charge in [-0.3, -0.25) is 9.79 Å². The zero-order valence-corrected chi connectivity index (χ0v) is 27.2. The molecule has 0 bridgehead atoms. The Balaban J connectivity index is 1.24. The maximum atomic E-state index is 14.5. The SMILES string of the molecule is CCCCCCCCC1CCCC1C(=O)C1C=CC(CCc2ccc(C(F)(F)F)cc2)=Nc2ccc(-c3ccc4c(c3)OCO4)cc21. The molecule has 3 atom stereocenters. The Hall–Kier alpha value is -3.87. The van der Waals surface area contributed by atoms with E-state index in [0.717, 1.165) is 77.2 Å². The van der Waals surface area contributed by atoms with Crippen molar-refractivity contribution >= 4 is 17.2 Å². The third kappa shape index (κ3) is 7.99. The zero-order valence-electron chi connectivity index (χ0n) is 27.2. The van der Waals surface area contributed by atoms with Crippen LogP contribution in [0, 0.1) is 11.8 Å². The molecule has 248 valence electrons. The topological polar surface area (TPSA) is 47.9 Å². The van der Waals surface area contributed by atoms with Gasteiger partial charge in [0.05, 0.1) is 17.2 Å². The van der Waals surface area contributed by atoms with E-state index >= 15 is 0 Å². The Bertz CT molecular complexity index is 1610. The molecule has 0 aromatic heterocycles. The number of allylic oxidation sites excluding steroid dienone is 2. The first kappa shape index (κ1) is 33.0. The number of fused-ring (bicyclic) bond motifs is 2. The number of benzene rings is 3. The fraction of sp³-hybridized carbons (Fsp3) is 0.450. The van der Waals surface area contributed by atoms with Gasteiger partial charge < -0.3 is 9.47 Å². The Morgan fingerprint density at radius 3 is 2.40 bits per heavy atom. The van der Waals surface area contributed by atoms with E-state index in [4.69, 9.17) is 14.5 Å². The molecule has 0 saturated heterocycles. The lowest BCUT2D eigenvalue weighted by Gasteiger charge is -2.23. The molecule has 47 heavy (non-hydrogen) atoms. The van der Waals surface area contributed by atoms with E-state index in [1.807, 2.05) is 42.5 Å². The lowest BCUT2D eigenvalue weighted by molar-refractivity contribution is -0.137. The Morgan fingerprint density at radius 1 is 0.851 bits per heavy atom.